The van der Waals surface area contributed by atoms with Crippen molar-refractivity contribution in [2.75, 3.05) is 4.90 Å². The van der Waals surface area contributed by atoms with Gasteiger partial charge in [-0.15, -0.1) is 0 Å². The Morgan fingerprint density at radius 2 is 2.23 bits per heavy atom. The van der Waals surface area contributed by atoms with E-state index < -0.39 is 11.6 Å². The van der Waals surface area contributed by atoms with Gasteiger partial charge in [0.15, 0.2) is 5.82 Å². The van der Waals surface area contributed by atoms with Gasteiger partial charge >= 0.3 is 6.09 Å². The van der Waals surface area contributed by atoms with Crippen LogP contribution in [0.15, 0.2) is 16.9 Å². The van der Waals surface area contributed by atoms with Crippen LogP contribution in [0.25, 0.3) is 0 Å². The second-order valence-corrected chi connectivity index (χ2v) is 3.65. The van der Waals surface area contributed by atoms with Crippen molar-refractivity contribution in [3.05, 3.63) is 12.3 Å². The summed E-state index contributed by atoms with van der Waals surface area (Å²) in [7, 11) is 0. The number of rotatable bonds is 1. The normalized spacial score (nSPS) is 11.3. The van der Waals surface area contributed by atoms with Crippen LogP contribution in [0, 0.1) is 0 Å². The van der Waals surface area contributed by atoms with Crippen LogP contribution >= 0.6 is 0 Å². The maximum atomic E-state index is 10.9. The van der Waals surface area contributed by atoms with Crippen molar-refractivity contribution in [2.24, 2.45) is 0 Å². The van der Waals surface area contributed by atoms with Gasteiger partial charge in [-0.2, -0.15) is 0 Å². The summed E-state index contributed by atoms with van der Waals surface area (Å²) in [5, 5.41) is 12.5. The Kier molecular flexibility index (Phi) is 2.27. The molecular weight excluding hydrogens is 172 g/mol. The number of nitrogens with zero attached hydrogens (tertiary/aromatic N) is 2. The summed E-state index contributed by atoms with van der Waals surface area (Å²) < 4.78 is 4.59. The van der Waals surface area contributed by atoms with Gasteiger partial charge in [0.25, 0.3) is 0 Å². The molecule has 0 atom stereocenters. The third kappa shape index (κ3) is 1.99. The Morgan fingerprint density at radius 3 is 2.54 bits per heavy atom. The minimum Gasteiger partial charge on any atom is -0.465 e. The average Bonchev–Trinajstić information content (AvgIpc) is 2.34. The van der Waals surface area contributed by atoms with Crippen LogP contribution in [0.4, 0.5) is 10.6 Å². The smallest absolute Gasteiger partial charge is 0.413 e. The molecule has 0 bridgehead atoms. The molecule has 0 saturated carbocycles. The number of anilines is 1. The number of amides is 1. The first kappa shape index (κ1) is 9.57. The van der Waals surface area contributed by atoms with E-state index in [0.717, 1.165) is 4.90 Å². The van der Waals surface area contributed by atoms with Crippen molar-refractivity contribution in [1.29, 1.82) is 0 Å². The Morgan fingerprint density at radius 1 is 1.62 bits per heavy atom. The summed E-state index contributed by atoms with van der Waals surface area (Å²) in [4.78, 5) is 12.0. The summed E-state index contributed by atoms with van der Waals surface area (Å²) in [6.07, 6.45) is 0.304. The molecule has 13 heavy (non-hydrogen) atoms. The van der Waals surface area contributed by atoms with E-state index in [1.807, 2.05) is 0 Å². The van der Waals surface area contributed by atoms with Crippen molar-refractivity contribution in [3.8, 4) is 0 Å². The molecule has 1 N–H and O–H groups in total. The van der Waals surface area contributed by atoms with Gasteiger partial charge in [0.2, 0.25) is 0 Å². The number of aromatic nitrogens is 1. The highest BCUT2D eigenvalue weighted by atomic mass is 16.5. The molecular formula is C8H12N2O3. The Balaban J connectivity index is 3.01. The molecule has 1 heterocycles. The van der Waals surface area contributed by atoms with Crippen molar-refractivity contribution in [3.63, 3.8) is 0 Å². The standard InChI is InChI=1S/C8H12N2O3/c1-8(2,3)10(7(11)12)6-4-5-13-9-6/h4-5H,1-3H3,(H,11,12). The summed E-state index contributed by atoms with van der Waals surface area (Å²) in [6, 6.07) is 1.51. The minimum absolute atomic E-state index is 0.306. The van der Waals surface area contributed by atoms with Crippen LogP contribution < -0.4 is 4.90 Å². The average molecular weight is 184 g/mol. The van der Waals surface area contributed by atoms with Crippen LogP contribution in [0.3, 0.4) is 0 Å². The number of carbonyl (C=O) groups is 1. The lowest BCUT2D eigenvalue weighted by Crippen LogP contribution is -2.45. The SMILES string of the molecule is CC(C)(C)N(C(=O)O)c1ccon1. The molecule has 5 nitrogen and oxygen atoms in total. The lowest BCUT2D eigenvalue weighted by molar-refractivity contribution is 0.195. The number of carboxylic acid groups (broad SMARTS) is 1. The van der Waals surface area contributed by atoms with Gasteiger partial charge in [-0.25, -0.2) is 4.79 Å². The molecule has 0 aliphatic rings. The van der Waals surface area contributed by atoms with Gasteiger partial charge in [0, 0.05) is 11.6 Å². The monoisotopic (exact) mass is 184 g/mol. The fourth-order valence-electron chi connectivity index (χ4n) is 1.05. The summed E-state index contributed by atoms with van der Waals surface area (Å²) in [5.74, 6) is 0.306. The first-order valence-corrected chi connectivity index (χ1v) is 3.86. The van der Waals surface area contributed by atoms with E-state index in [-0.39, 0.29) is 0 Å². The maximum absolute atomic E-state index is 10.9. The zero-order valence-electron chi connectivity index (χ0n) is 7.81. The van der Waals surface area contributed by atoms with E-state index in [1.54, 1.807) is 20.8 Å². The molecule has 0 unspecified atom stereocenters. The molecule has 1 aromatic rings. The van der Waals surface area contributed by atoms with E-state index >= 15 is 0 Å². The highest BCUT2D eigenvalue weighted by Crippen LogP contribution is 2.21. The van der Waals surface area contributed by atoms with E-state index in [4.69, 9.17) is 5.11 Å². The quantitative estimate of drug-likeness (QED) is 0.724. The number of hydrogen-bond acceptors (Lipinski definition) is 3. The van der Waals surface area contributed by atoms with Crippen LogP contribution in [0.1, 0.15) is 20.8 Å². The molecule has 1 aromatic heterocycles. The van der Waals surface area contributed by atoms with E-state index in [2.05, 4.69) is 9.68 Å². The molecule has 1 rings (SSSR count). The van der Waals surface area contributed by atoms with Crippen molar-refractivity contribution in [1.82, 2.24) is 5.16 Å². The van der Waals surface area contributed by atoms with E-state index in [1.165, 1.54) is 12.3 Å². The predicted octanol–water partition coefficient (Wildman–Crippen LogP) is 1.96. The summed E-state index contributed by atoms with van der Waals surface area (Å²) in [6.45, 7) is 5.36. The fraction of sp³-hybridized carbons (Fsp3) is 0.500. The van der Waals surface area contributed by atoms with Crippen molar-refractivity contribution >= 4 is 11.9 Å². The van der Waals surface area contributed by atoms with E-state index in [9.17, 15) is 4.79 Å². The summed E-state index contributed by atoms with van der Waals surface area (Å²) in [5.41, 5.74) is -0.525. The zero-order valence-corrected chi connectivity index (χ0v) is 7.81. The minimum atomic E-state index is -1.04. The molecule has 0 spiro atoms. The van der Waals surface area contributed by atoms with Gasteiger partial charge in [0.05, 0.1) is 0 Å². The third-order valence-electron chi connectivity index (χ3n) is 1.52. The zero-order chi connectivity index (χ0) is 10.1. The molecule has 0 aliphatic heterocycles. The highest BCUT2D eigenvalue weighted by molar-refractivity contribution is 5.85. The van der Waals surface area contributed by atoms with Gasteiger partial charge in [-0.1, -0.05) is 5.16 Å². The molecule has 0 fully saturated rings. The third-order valence-corrected chi connectivity index (χ3v) is 1.52. The Bertz CT molecular complexity index is 287. The van der Waals surface area contributed by atoms with Crippen molar-refractivity contribution in [2.45, 2.75) is 26.3 Å². The Hall–Kier alpha value is -1.52. The van der Waals surface area contributed by atoms with Crippen LogP contribution in [-0.4, -0.2) is 21.9 Å². The first-order valence-electron chi connectivity index (χ1n) is 3.86. The van der Waals surface area contributed by atoms with Gasteiger partial charge in [-0.05, 0) is 20.8 Å². The lowest BCUT2D eigenvalue weighted by Gasteiger charge is -2.30. The predicted molar refractivity (Wildman–Crippen MR) is 46.8 cm³/mol. The van der Waals surface area contributed by atoms with Gasteiger partial charge in [0.1, 0.15) is 6.26 Å². The second-order valence-electron chi connectivity index (χ2n) is 3.65. The molecule has 72 valence electrons. The summed E-state index contributed by atoms with van der Waals surface area (Å²) >= 11 is 0. The first-order chi connectivity index (χ1) is 5.93. The second kappa shape index (κ2) is 3.08. The van der Waals surface area contributed by atoms with Crippen molar-refractivity contribution < 1.29 is 14.4 Å². The van der Waals surface area contributed by atoms with Crippen LogP contribution in [0.5, 0.6) is 0 Å². The van der Waals surface area contributed by atoms with Gasteiger partial charge in [-0.3, -0.25) is 4.90 Å². The fourth-order valence-corrected chi connectivity index (χ4v) is 1.05. The molecule has 0 aliphatic carbocycles. The Labute approximate surface area is 75.9 Å². The molecule has 0 aromatic carbocycles. The highest BCUT2D eigenvalue weighted by Gasteiger charge is 2.29. The number of hydrogen-bond donors (Lipinski definition) is 1. The molecule has 0 radical (unpaired) electrons. The molecule has 0 saturated heterocycles. The van der Waals surface area contributed by atoms with Crippen LogP contribution in [-0.2, 0) is 0 Å². The van der Waals surface area contributed by atoms with Gasteiger partial charge < -0.3 is 9.63 Å². The topological polar surface area (TPSA) is 66.6 Å². The molecule has 5 heteroatoms. The maximum Gasteiger partial charge on any atom is 0.413 e. The molecule has 1 amide bonds. The van der Waals surface area contributed by atoms with E-state index in [0.29, 0.717) is 5.82 Å². The lowest BCUT2D eigenvalue weighted by atomic mass is 10.1. The van der Waals surface area contributed by atoms with Crippen LogP contribution in [0.2, 0.25) is 0 Å². The largest absolute Gasteiger partial charge is 0.465 e.